The lowest BCUT2D eigenvalue weighted by atomic mass is 10.0. The first-order valence-corrected chi connectivity index (χ1v) is 3.99. The minimum atomic E-state index is 0.190. The first-order valence-electron chi connectivity index (χ1n) is 3.99. The third-order valence-corrected chi connectivity index (χ3v) is 1.50. The molecule has 0 atom stereocenters. The first-order chi connectivity index (χ1) is 4.70. The van der Waals surface area contributed by atoms with E-state index in [0.29, 0.717) is 5.92 Å². The molecule has 0 rings (SSSR count). The van der Waals surface area contributed by atoms with Crippen LogP contribution in [0.2, 0.25) is 0 Å². The lowest BCUT2D eigenvalue weighted by Crippen LogP contribution is -1.91. The molecule has 0 saturated carbocycles. The molecule has 0 aliphatic heterocycles. The normalized spacial score (nSPS) is 12.7. The number of allylic oxidation sites excluding steroid dienone is 1. The zero-order valence-corrected chi connectivity index (χ0v) is 7.22. The highest BCUT2D eigenvalue weighted by molar-refractivity contribution is 5.01. The van der Waals surface area contributed by atoms with E-state index < -0.39 is 0 Å². The fraction of sp³-hybridized carbons (Fsp3) is 0.778. The van der Waals surface area contributed by atoms with Gasteiger partial charge in [-0.3, -0.25) is 0 Å². The molecule has 60 valence electrons. The van der Waals surface area contributed by atoms with Crippen LogP contribution in [0.1, 0.15) is 33.6 Å². The Morgan fingerprint density at radius 3 is 2.40 bits per heavy atom. The smallest absolute Gasteiger partial charge is 0.0615 e. The second kappa shape index (κ2) is 5.48. The summed E-state index contributed by atoms with van der Waals surface area (Å²) in [7, 11) is 0. The molecule has 0 radical (unpaired) electrons. The minimum absolute atomic E-state index is 0.190. The van der Waals surface area contributed by atoms with E-state index in [4.69, 9.17) is 5.11 Å². The topological polar surface area (TPSA) is 20.2 Å². The Labute approximate surface area is 63.8 Å². The Morgan fingerprint density at radius 2 is 2.10 bits per heavy atom. The summed E-state index contributed by atoms with van der Waals surface area (Å²) >= 11 is 0. The third-order valence-electron chi connectivity index (χ3n) is 1.50. The van der Waals surface area contributed by atoms with E-state index >= 15 is 0 Å². The quantitative estimate of drug-likeness (QED) is 0.597. The van der Waals surface area contributed by atoms with Crippen LogP contribution < -0.4 is 0 Å². The molecule has 0 aromatic heterocycles. The summed E-state index contributed by atoms with van der Waals surface area (Å²) in [5.41, 5.74) is 1.37. The van der Waals surface area contributed by atoms with Gasteiger partial charge in [0, 0.05) is 0 Å². The fourth-order valence-corrected chi connectivity index (χ4v) is 1.03. The Balaban J connectivity index is 3.71. The van der Waals surface area contributed by atoms with Gasteiger partial charge >= 0.3 is 0 Å². The maximum atomic E-state index is 8.60. The van der Waals surface area contributed by atoms with Gasteiger partial charge in [0.25, 0.3) is 0 Å². The van der Waals surface area contributed by atoms with Gasteiger partial charge in [-0.15, -0.1) is 0 Å². The molecule has 0 amide bonds. The second-order valence-corrected chi connectivity index (χ2v) is 3.00. The zero-order chi connectivity index (χ0) is 7.98. The summed E-state index contributed by atoms with van der Waals surface area (Å²) in [6, 6.07) is 0. The van der Waals surface area contributed by atoms with Gasteiger partial charge in [0.1, 0.15) is 0 Å². The highest BCUT2D eigenvalue weighted by Gasteiger charge is 1.97. The maximum Gasteiger partial charge on any atom is 0.0615 e. The van der Waals surface area contributed by atoms with Crippen molar-refractivity contribution < 1.29 is 5.11 Å². The molecule has 0 saturated heterocycles. The predicted octanol–water partition coefficient (Wildman–Crippen LogP) is 2.36. The lowest BCUT2D eigenvalue weighted by molar-refractivity contribution is 0.340. The van der Waals surface area contributed by atoms with Crippen LogP contribution >= 0.6 is 0 Å². The molecule has 0 aliphatic rings. The molecule has 0 aliphatic carbocycles. The average molecular weight is 142 g/mol. The van der Waals surface area contributed by atoms with Gasteiger partial charge < -0.3 is 5.11 Å². The van der Waals surface area contributed by atoms with E-state index in [-0.39, 0.29) is 6.61 Å². The molecule has 1 N–H and O–H groups in total. The van der Waals surface area contributed by atoms with Crippen molar-refractivity contribution in [2.45, 2.75) is 33.6 Å². The van der Waals surface area contributed by atoms with E-state index in [1.807, 2.05) is 6.08 Å². The summed E-state index contributed by atoms with van der Waals surface area (Å²) in [6.07, 6.45) is 4.11. The SMILES string of the molecule is CC/C(=C/CO)CC(C)C. The highest BCUT2D eigenvalue weighted by atomic mass is 16.2. The first kappa shape index (κ1) is 9.70. The van der Waals surface area contributed by atoms with Gasteiger partial charge in [-0.2, -0.15) is 0 Å². The minimum Gasteiger partial charge on any atom is -0.392 e. The van der Waals surface area contributed by atoms with Crippen molar-refractivity contribution in [2.24, 2.45) is 5.92 Å². The van der Waals surface area contributed by atoms with Gasteiger partial charge in [-0.25, -0.2) is 0 Å². The van der Waals surface area contributed by atoms with Gasteiger partial charge in [-0.05, 0) is 18.8 Å². The van der Waals surface area contributed by atoms with Crippen molar-refractivity contribution in [3.05, 3.63) is 11.6 Å². The monoisotopic (exact) mass is 142 g/mol. The molecule has 10 heavy (non-hydrogen) atoms. The van der Waals surface area contributed by atoms with Crippen molar-refractivity contribution in [3.63, 3.8) is 0 Å². The van der Waals surface area contributed by atoms with E-state index in [1.54, 1.807) is 0 Å². The van der Waals surface area contributed by atoms with E-state index in [1.165, 1.54) is 5.57 Å². The van der Waals surface area contributed by atoms with Crippen LogP contribution in [0, 0.1) is 5.92 Å². The van der Waals surface area contributed by atoms with Gasteiger partial charge in [0.15, 0.2) is 0 Å². The van der Waals surface area contributed by atoms with Crippen LogP contribution in [0.3, 0.4) is 0 Å². The molecule has 0 aromatic rings. The van der Waals surface area contributed by atoms with Gasteiger partial charge in [-0.1, -0.05) is 32.4 Å². The Hall–Kier alpha value is -0.300. The average Bonchev–Trinajstić information content (AvgIpc) is 1.86. The van der Waals surface area contributed by atoms with Crippen molar-refractivity contribution in [1.29, 1.82) is 0 Å². The summed E-state index contributed by atoms with van der Waals surface area (Å²) < 4.78 is 0. The van der Waals surface area contributed by atoms with Crippen LogP contribution in [0.5, 0.6) is 0 Å². The molecule has 0 aromatic carbocycles. The number of aliphatic hydroxyl groups is 1. The van der Waals surface area contributed by atoms with Crippen LogP contribution in [0.25, 0.3) is 0 Å². The molecular formula is C9H18O. The molecular weight excluding hydrogens is 124 g/mol. The number of rotatable bonds is 4. The molecule has 1 nitrogen and oxygen atoms in total. The van der Waals surface area contributed by atoms with Crippen LogP contribution in [-0.2, 0) is 0 Å². The largest absolute Gasteiger partial charge is 0.392 e. The molecule has 0 fully saturated rings. The van der Waals surface area contributed by atoms with Crippen molar-refractivity contribution in [2.75, 3.05) is 6.61 Å². The molecule has 1 heteroatoms. The van der Waals surface area contributed by atoms with E-state index in [9.17, 15) is 0 Å². The van der Waals surface area contributed by atoms with Gasteiger partial charge in [0.05, 0.1) is 6.61 Å². The van der Waals surface area contributed by atoms with E-state index in [2.05, 4.69) is 20.8 Å². The lowest BCUT2D eigenvalue weighted by Gasteiger charge is -2.06. The molecule has 0 heterocycles. The highest BCUT2D eigenvalue weighted by Crippen LogP contribution is 2.12. The zero-order valence-electron chi connectivity index (χ0n) is 7.22. The Bertz CT molecular complexity index is 103. The molecule has 0 unspecified atom stereocenters. The summed E-state index contributed by atoms with van der Waals surface area (Å²) in [4.78, 5) is 0. The summed E-state index contributed by atoms with van der Waals surface area (Å²) in [6.45, 7) is 6.71. The summed E-state index contributed by atoms with van der Waals surface area (Å²) in [5, 5.41) is 8.60. The van der Waals surface area contributed by atoms with E-state index in [0.717, 1.165) is 12.8 Å². The maximum absolute atomic E-state index is 8.60. The summed E-state index contributed by atoms with van der Waals surface area (Å²) in [5.74, 6) is 0.706. The number of hydrogen-bond donors (Lipinski definition) is 1. The fourth-order valence-electron chi connectivity index (χ4n) is 1.03. The van der Waals surface area contributed by atoms with Crippen molar-refractivity contribution in [3.8, 4) is 0 Å². The van der Waals surface area contributed by atoms with Crippen LogP contribution in [-0.4, -0.2) is 11.7 Å². The predicted molar refractivity (Wildman–Crippen MR) is 44.9 cm³/mol. The van der Waals surface area contributed by atoms with Crippen molar-refractivity contribution in [1.82, 2.24) is 0 Å². The Morgan fingerprint density at radius 1 is 1.50 bits per heavy atom. The number of hydrogen-bond acceptors (Lipinski definition) is 1. The molecule has 0 spiro atoms. The van der Waals surface area contributed by atoms with Crippen LogP contribution in [0.4, 0.5) is 0 Å². The second-order valence-electron chi connectivity index (χ2n) is 3.00. The van der Waals surface area contributed by atoms with Crippen LogP contribution in [0.15, 0.2) is 11.6 Å². The van der Waals surface area contributed by atoms with Crippen molar-refractivity contribution >= 4 is 0 Å². The van der Waals surface area contributed by atoms with Gasteiger partial charge in [0.2, 0.25) is 0 Å². The molecule has 0 bridgehead atoms. The third kappa shape index (κ3) is 4.57. The Kier molecular flexibility index (Phi) is 5.32. The number of aliphatic hydroxyl groups excluding tert-OH is 1. The standard InChI is InChI=1S/C9H18O/c1-4-9(5-6-10)7-8(2)3/h5,8,10H,4,6-7H2,1-3H3/b9-5-.